The van der Waals surface area contributed by atoms with Crippen molar-refractivity contribution in [2.45, 2.75) is 45.8 Å². The summed E-state index contributed by atoms with van der Waals surface area (Å²) in [6.45, 7) is 5.70. The van der Waals surface area contributed by atoms with Gasteiger partial charge in [0.05, 0.1) is 19.3 Å². The summed E-state index contributed by atoms with van der Waals surface area (Å²) in [7, 11) is 1.71. The average molecular weight is 287 g/mol. The Morgan fingerprint density at radius 1 is 1.38 bits per heavy atom. The fourth-order valence-corrected chi connectivity index (χ4v) is 2.89. The summed E-state index contributed by atoms with van der Waals surface area (Å²) in [6.07, 6.45) is 5.57. The van der Waals surface area contributed by atoms with Crippen molar-refractivity contribution in [2.75, 3.05) is 7.11 Å². The first-order chi connectivity index (χ1) is 10.2. The molecule has 1 aliphatic heterocycles. The van der Waals surface area contributed by atoms with Gasteiger partial charge in [-0.05, 0) is 20.3 Å². The van der Waals surface area contributed by atoms with E-state index in [1.807, 2.05) is 17.8 Å². The average Bonchev–Trinajstić information content (AvgIpc) is 2.94. The Kier molecular flexibility index (Phi) is 3.88. The van der Waals surface area contributed by atoms with E-state index < -0.39 is 0 Å². The minimum absolute atomic E-state index is 0.410. The van der Waals surface area contributed by atoms with Crippen molar-refractivity contribution < 1.29 is 4.74 Å². The number of fused-ring (bicyclic) bond motifs is 1. The van der Waals surface area contributed by atoms with Gasteiger partial charge in [0.25, 0.3) is 0 Å². The normalized spacial score (nSPS) is 17.6. The Bertz CT molecular complexity index is 637. The molecule has 0 bridgehead atoms. The summed E-state index contributed by atoms with van der Waals surface area (Å²) in [4.78, 5) is 8.78. The second-order valence-corrected chi connectivity index (χ2v) is 5.52. The topological polar surface area (TPSA) is 64.9 Å². The lowest BCUT2D eigenvalue weighted by Gasteiger charge is -2.24. The van der Waals surface area contributed by atoms with Crippen LogP contribution in [0.2, 0.25) is 0 Å². The van der Waals surface area contributed by atoms with Crippen LogP contribution in [0.4, 0.5) is 0 Å². The molecule has 1 N–H and O–H groups in total. The summed E-state index contributed by atoms with van der Waals surface area (Å²) in [6, 6.07) is 0.410. The van der Waals surface area contributed by atoms with E-state index in [2.05, 4.69) is 27.3 Å². The van der Waals surface area contributed by atoms with E-state index in [0.717, 1.165) is 54.3 Å². The van der Waals surface area contributed by atoms with Gasteiger partial charge in [0.2, 0.25) is 0 Å². The van der Waals surface area contributed by atoms with Crippen molar-refractivity contribution in [3.05, 3.63) is 35.2 Å². The number of methoxy groups -OCH3 is 1. The van der Waals surface area contributed by atoms with Crippen LogP contribution >= 0.6 is 0 Å². The molecule has 3 heterocycles. The molecule has 6 heteroatoms. The molecule has 1 atom stereocenters. The molecule has 0 saturated carbocycles. The predicted molar refractivity (Wildman–Crippen MR) is 79.2 cm³/mol. The van der Waals surface area contributed by atoms with Crippen molar-refractivity contribution in [3.8, 4) is 5.75 Å². The largest absolute Gasteiger partial charge is 0.496 e. The molecule has 0 amide bonds. The number of hydrogen-bond donors (Lipinski definition) is 1. The summed E-state index contributed by atoms with van der Waals surface area (Å²) in [5, 5.41) is 7.82. The monoisotopic (exact) mass is 287 g/mol. The first-order valence-electron chi connectivity index (χ1n) is 7.28. The zero-order valence-electron chi connectivity index (χ0n) is 12.8. The summed E-state index contributed by atoms with van der Waals surface area (Å²) in [5.41, 5.74) is 3.23. The van der Waals surface area contributed by atoms with Gasteiger partial charge < -0.3 is 10.1 Å². The van der Waals surface area contributed by atoms with Gasteiger partial charge in [-0.1, -0.05) is 0 Å². The Balaban J connectivity index is 1.66. The SMILES string of the molecule is COc1c(C)cnc(CNC2CCc3ncnn3C2)c1C. The maximum atomic E-state index is 5.45. The molecule has 0 saturated heterocycles. The third-order valence-corrected chi connectivity index (χ3v) is 4.11. The molecule has 6 nitrogen and oxygen atoms in total. The van der Waals surface area contributed by atoms with Gasteiger partial charge in [-0.3, -0.25) is 4.98 Å². The first kappa shape index (κ1) is 14.0. The maximum absolute atomic E-state index is 5.45. The van der Waals surface area contributed by atoms with E-state index in [9.17, 15) is 0 Å². The van der Waals surface area contributed by atoms with E-state index in [1.54, 1.807) is 13.4 Å². The van der Waals surface area contributed by atoms with Crippen LogP contribution in [0.5, 0.6) is 5.75 Å². The van der Waals surface area contributed by atoms with Gasteiger partial charge in [-0.15, -0.1) is 0 Å². The second kappa shape index (κ2) is 5.81. The third-order valence-electron chi connectivity index (χ3n) is 4.11. The van der Waals surface area contributed by atoms with Gasteiger partial charge in [-0.2, -0.15) is 5.10 Å². The molecule has 1 aliphatic rings. The standard InChI is InChI=1S/C15H21N5O/c1-10-6-17-13(11(2)15(10)21-3)7-16-12-4-5-14-18-9-19-20(14)8-12/h6,9,12,16H,4-5,7-8H2,1-3H3. The van der Waals surface area contributed by atoms with Crippen molar-refractivity contribution >= 4 is 0 Å². The molecular weight excluding hydrogens is 266 g/mol. The number of aryl methyl sites for hydroxylation is 2. The van der Waals surface area contributed by atoms with E-state index >= 15 is 0 Å². The van der Waals surface area contributed by atoms with Gasteiger partial charge in [0, 0.05) is 36.3 Å². The van der Waals surface area contributed by atoms with Crippen LogP contribution < -0.4 is 10.1 Å². The Labute approximate surface area is 124 Å². The molecule has 0 fully saturated rings. The molecule has 21 heavy (non-hydrogen) atoms. The van der Waals surface area contributed by atoms with Crippen LogP contribution in [0.3, 0.4) is 0 Å². The lowest BCUT2D eigenvalue weighted by Crippen LogP contribution is -2.37. The van der Waals surface area contributed by atoms with Crippen LogP contribution in [0, 0.1) is 13.8 Å². The number of hydrogen-bond acceptors (Lipinski definition) is 5. The molecular formula is C15H21N5O. The summed E-state index contributed by atoms with van der Waals surface area (Å²) in [5.74, 6) is 2.02. The van der Waals surface area contributed by atoms with E-state index in [-0.39, 0.29) is 0 Å². The highest BCUT2D eigenvalue weighted by molar-refractivity contribution is 5.41. The zero-order valence-corrected chi connectivity index (χ0v) is 12.8. The minimum atomic E-state index is 0.410. The zero-order chi connectivity index (χ0) is 14.8. The Hall–Kier alpha value is -1.95. The predicted octanol–water partition coefficient (Wildman–Crippen LogP) is 1.40. The second-order valence-electron chi connectivity index (χ2n) is 5.52. The van der Waals surface area contributed by atoms with Gasteiger partial charge in [0.15, 0.2) is 0 Å². The number of nitrogens with zero attached hydrogens (tertiary/aromatic N) is 4. The fraction of sp³-hybridized carbons (Fsp3) is 0.533. The molecule has 0 spiro atoms. The molecule has 0 aliphatic carbocycles. The van der Waals surface area contributed by atoms with Gasteiger partial charge in [-0.25, -0.2) is 9.67 Å². The summed E-state index contributed by atoms with van der Waals surface area (Å²) >= 11 is 0. The quantitative estimate of drug-likeness (QED) is 0.921. The van der Waals surface area contributed by atoms with Crippen molar-refractivity contribution in [1.82, 2.24) is 25.1 Å². The Morgan fingerprint density at radius 2 is 2.24 bits per heavy atom. The van der Waals surface area contributed by atoms with Crippen LogP contribution in [0.15, 0.2) is 12.5 Å². The number of aromatic nitrogens is 4. The highest BCUT2D eigenvalue weighted by Crippen LogP contribution is 2.24. The smallest absolute Gasteiger partial charge is 0.138 e. The lowest BCUT2D eigenvalue weighted by molar-refractivity contribution is 0.355. The highest BCUT2D eigenvalue weighted by Gasteiger charge is 2.20. The molecule has 0 radical (unpaired) electrons. The van der Waals surface area contributed by atoms with Crippen LogP contribution in [-0.4, -0.2) is 32.9 Å². The van der Waals surface area contributed by atoms with Crippen molar-refractivity contribution in [2.24, 2.45) is 0 Å². The van der Waals surface area contributed by atoms with Crippen molar-refractivity contribution in [3.63, 3.8) is 0 Å². The van der Waals surface area contributed by atoms with Crippen LogP contribution in [0.25, 0.3) is 0 Å². The molecule has 112 valence electrons. The third kappa shape index (κ3) is 2.76. The van der Waals surface area contributed by atoms with E-state index in [1.165, 1.54) is 0 Å². The van der Waals surface area contributed by atoms with Crippen LogP contribution in [-0.2, 0) is 19.5 Å². The van der Waals surface area contributed by atoms with E-state index in [4.69, 9.17) is 4.74 Å². The van der Waals surface area contributed by atoms with Gasteiger partial charge in [0.1, 0.15) is 17.9 Å². The molecule has 1 unspecified atom stereocenters. The summed E-state index contributed by atoms with van der Waals surface area (Å²) < 4.78 is 7.44. The molecule has 2 aromatic rings. The number of nitrogens with one attached hydrogen (secondary N) is 1. The Morgan fingerprint density at radius 3 is 3.05 bits per heavy atom. The maximum Gasteiger partial charge on any atom is 0.138 e. The van der Waals surface area contributed by atoms with Crippen LogP contribution in [0.1, 0.15) is 29.1 Å². The number of ether oxygens (including phenoxy) is 1. The highest BCUT2D eigenvalue weighted by atomic mass is 16.5. The van der Waals surface area contributed by atoms with Crippen molar-refractivity contribution in [1.29, 1.82) is 0 Å². The first-order valence-corrected chi connectivity index (χ1v) is 7.28. The number of rotatable bonds is 4. The van der Waals surface area contributed by atoms with Gasteiger partial charge >= 0.3 is 0 Å². The fourth-order valence-electron chi connectivity index (χ4n) is 2.89. The number of pyridine rings is 1. The van der Waals surface area contributed by atoms with E-state index in [0.29, 0.717) is 6.04 Å². The minimum Gasteiger partial charge on any atom is -0.496 e. The lowest BCUT2D eigenvalue weighted by atomic mass is 10.1. The molecule has 2 aromatic heterocycles. The molecule has 0 aromatic carbocycles. The molecule has 3 rings (SSSR count).